The smallest absolute Gasteiger partial charge is 0.146 e. The third kappa shape index (κ3) is 4.25. The lowest BCUT2D eigenvalue weighted by atomic mass is 10.0. The summed E-state index contributed by atoms with van der Waals surface area (Å²) in [5.74, 6) is -1.31. The zero-order valence-electron chi connectivity index (χ0n) is 11.9. The van der Waals surface area contributed by atoms with E-state index in [-0.39, 0.29) is 17.5 Å². The van der Waals surface area contributed by atoms with Crippen LogP contribution in [-0.4, -0.2) is 0 Å². The number of anilines is 1. The summed E-state index contributed by atoms with van der Waals surface area (Å²) in [5.41, 5.74) is 0.980. The first-order chi connectivity index (χ1) is 10.1. The Hall–Kier alpha value is -1.97. The molecule has 0 aromatic heterocycles. The third-order valence-corrected chi connectivity index (χ3v) is 3.38. The standard InChI is InChI=1S/C17H18F3N/c1-2-3-4-16(12-5-7-13(18)8-6-12)21-17-11-14(19)9-10-15(17)20/h5-11,16,21H,2-4H2,1H3. The number of unbranched alkanes of at least 4 members (excludes halogenated alkanes) is 1. The van der Waals surface area contributed by atoms with Crippen LogP contribution in [0, 0.1) is 17.5 Å². The van der Waals surface area contributed by atoms with Gasteiger partial charge in [-0.3, -0.25) is 0 Å². The zero-order valence-corrected chi connectivity index (χ0v) is 11.9. The maximum Gasteiger partial charge on any atom is 0.146 e. The van der Waals surface area contributed by atoms with E-state index in [2.05, 4.69) is 12.2 Å². The van der Waals surface area contributed by atoms with Crippen LogP contribution in [0.3, 0.4) is 0 Å². The lowest BCUT2D eigenvalue weighted by molar-refractivity contribution is 0.589. The average Bonchev–Trinajstić information content (AvgIpc) is 2.48. The first kappa shape index (κ1) is 15.4. The van der Waals surface area contributed by atoms with Crippen LogP contribution in [0.15, 0.2) is 42.5 Å². The molecule has 1 nitrogen and oxygen atoms in total. The highest BCUT2D eigenvalue weighted by molar-refractivity contribution is 5.47. The van der Waals surface area contributed by atoms with Gasteiger partial charge in [0.25, 0.3) is 0 Å². The highest BCUT2D eigenvalue weighted by Gasteiger charge is 2.14. The quantitative estimate of drug-likeness (QED) is 0.747. The average molecular weight is 293 g/mol. The van der Waals surface area contributed by atoms with Crippen LogP contribution in [0.4, 0.5) is 18.9 Å². The Balaban J connectivity index is 2.23. The number of benzene rings is 2. The fourth-order valence-electron chi connectivity index (χ4n) is 2.22. The largest absolute Gasteiger partial charge is 0.376 e. The molecule has 0 aliphatic heterocycles. The Morgan fingerprint density at radius 2 is 1.62 bits per heavy atom. The van der Waals surface area contributed by atoms with Gasteiger partial charge in [-0.15, -0.1) is 0 Å². The summed E-state index contributed by atoms with van der Waals surface area (Å²) in [6.45, 7) is 2.06. The molecule has 21 heavy (non-hydrogen) atoms. The second-order valence-corrected chi connectivity index (χ2v) is 5.01. The fraction of sp³-hybridized carbons (Fsp3) is 0.294. The van der Waals surface area contributed by atoms with Crippen molar-refractivity contribution in [3.8, 4) is 0 Å². The Morgan fingerprint density at radius 3 is 2.29 bits per heavy atom. The molecule has 0 aliphatic carbocycles. The molecule has 1 atom stereocenters. The number of rotatable bonds is 6. The molecule has 2 aromatic carbocycles. The summed E-state index contributed by atoms with van der Waals surface area (Å²) in [4.78, 5) is 0. The number of nitrogens with one attached hydrogen (secondary N) is 1. The summed E-state index contributed by atoms with van der Waals surface area (Å²) < 4.78 is 40.0. The van der Waals surface area contributed by atoms with Gasteiger partial charge in [-0.05, 0) is 42.3 Å². The molecule has 0 spiro atoms. The van der Waals surface area contributed by atoms with Gasteiger partial charge in [0.15, 0.2) is 0 Å². The lowest BCUT2D eigenvalue weighted by Crippen LogP contribution is -2.12. The first-order valence-electron chi connectivity index (χ1n) is 7.07. The predicted octanol–water partition coefficient (Wildman–Crippen LogP) is 5.45. The van der Waals surface area contributed by atoms with E-state index in [1.807, 2.05) is 0 Å². The second-order valence-electron chi connectivity index (χ2n) is 5.01. The van der Waals surface area contributed by atoms with E-state index in [0.717, 1.165) is 43.0 Å². The molecule has 0 bridgehead atoms. The number of halogens is 3. The van der Waals surface area contributed by atoms with E-state index < -0.39 is 11.6 Å². The van der Waals surface area contributed by atoms with E-state index in [1.54, 1.807) is 12.1 Å². The second kappa shape index (κ2) is 7.16. The summed E-state index contributed by atoms with van der Waals surface area (Å²) in [6, 6.07) is 9.22. The maximum absolute atomic E-state index is 13.7. The van der Waals surface area contributed by atoms with E-state index in [1.165, 1.54) is 12.1 Å². The molecule has 4 heteroatoms. The molecule has 1 N–H and O–H groups in total. The van der Waals surface area contributed by atoms with Gasteiger partial charge < -0.3 is 5.32 Å². The zero-order chi connectivity index (χ0) is 15.2. The molecule has 0 amide bonds. The van der Waals surface area contributed by atoms with Crippen molar-refractivity contribution < 1.29 is 13.2 Å². The molecule has 0 fully saturated rings. The van der Waals surface area contributed by atoms with Gasteiger partial charge in [-0.1, -0.05) is 31.9 Å². The van der Waals surface area contributed by atoms with Gasteiger partial charge in [-0.2, -0.15) is 0 Å². The van der Waals surface area contributed by atoms with Crippen LogP contribution in [0.5, 0.6) is 0 Å². The Labute approximate surface area is 122 Å². The van der Waals surface area contributed by atoms with Gasteiger partial charge in [0, 0.05) is 0 Å². The predicted molar refractivity (Wildman–Crippen MR) is 78.6 cm³/mol. The van der Waals surface area contributed by atoms with Crippen molar-refractivity contribution in [2.75, 3.05) is 5.32 Å². The summed E-state index contributed by atoms with van der Waals surface area (Å²) in [5, 5.41) is 3.02. The van der Waals surface area contributed by atoms with E-state index in [0.29, 0.717) is 0 Å². The topological polar surface area (TPSA) is 12.0 Å². The minimum atomic E-state index is -0.500. The van der Waals surface area contributed by atoms with Crippen LogP contribution in [-0.2, 0) is 0 Å². The normalized spacial score (nSPS) is 12.2. The van der Waals surface area contributed by atoms with Gasteiger partial charge in [0.2, 0.25) is 0 Å². The van der Waals surface area contributed by atoms with Crippen LogP contribution >= 0.6 is 0 Å². The van der Waals surface area contributed by atoms with Crippen molar-refractivity contribution >= 4 is 5.69 Å². The number of hydrogen-bond acceptors (Lipinski definition) is 1. The summed E-state index contributed by atoms with van der Waals surface area (Å²) >= 11 is 0. The Morgan fingerprint density at radius 1 is 0.952 bits per heavy atom. The molecule has 112 valence electrons. The van der Waals surface area contributed by atoms with Crippen molar-refractivity contribution in [2.45, 2.75) is 32.2 Å². The monoisotopic (exact) mass is 293 g/mol. The van der Waals surface area contributed by atoms with Crippen molar-refractivity contribution in [1.29, 1.82) is 0 Å². The summed E-state index contributed by atoms with van der Waals surface area (Å²) in [6.07, 6.45) is 2.69. The third-order valence-electron chi connectivity index (χ3n) is 3.38. The first-order valence-corrected chi connectivity index (χ1v) is 7.07. The van der Waals surface area contributed by atoms with Crippen molar-refractivity contribution in [3.05, 3.63) is 65.5 Å². The molecule has 0 saturated heterocycles. The molecule has 2 rings (SSSR count). The molecule has 0 aliphatic rings. The fourth-order valence-corrected chi connectivity index (χ4v) is 2.22. The molecule has 2 aromatic rings. The molecular weight excluding hydrogens is 275 g/mol. The molecule has 0 heterocycles. The highest BCUT2D eigenvalue weighted by Crippen LogP contribution is 2.27. The van der Waals surface area contributed by atoms with E-state index in [4.69, 9.17) is 0 Å². The Kier molecular flexibility index (Phi) is 5.26. The molecule has 1 unspecified atom stereocenters. The number of hydrogen-bond donors (Lipinski definition) is 1. The minimum Gasteiger partial charge on any atom is -0.376 e. The van der Waals surface area contributed by atoms with Crippen LogP contribution < -0.4 is 5.32 Å². The van der Waals surface area contributed by atoms with Gasteiger partial charge in [0.05, 0.1) is 11.7 Å². The van der Waals surface area contributed by atoms with Crippen molar-refractivity contribution in [2.24, 2.45) is 0 Å². The summed E-state index contributed by atoms with van der Waals surface area (Å²) in [7, 11) is 0. The molecule has 0 saturated carbocycles. The van der Waals surface area contributed by atoms with Gasteiger partial charge >= 0.3 is 0 Å². The van der Waals surface area contributed by atoms with Gasteiger partial charge in [0.1, 0.15) is 17.5 Å². The van der Waals surface area contributed by atoms with Crippen LogP contribution in [0.2, 0.25) is 0 Å². The maximum atomic E-state index is 13.7. The highest BCUT2D eigenvalue weighted by atomic mass is 19.1. The van der Waals surface area contributed by atoms with E-state index >= 15 is 0 Å². The van der Waals surface area contributed by atoms with Gasteiger partial charge in [-0.25, -0.2) is 13.2 Å². The molecule has 0 radical (unpaired) electrons. The van der Waals surface area contributed by atoms with Crippen molar-refractivity contribution in [3.63, 3.8) is 0 Å². The van der Waals surface area contributed by atoms with E-state index in [9.17, 15) is 13.2 Å². The lowest BCUT2D eigenvalue weighted by Gasteiger charge is -2.21. The van der Waals surface area contributed by atoms with Crippen LogP contribution in [0.25, 0.3) is 0 Å². The van der Waals surface area contributed by atoms with Crippen LogP contribution in [0.1, 0.15) is 37.8 Å². The van der Waals surface area contributed by atoms with Crippen molar-refractivity contribution in [1.82, 2.24) is 0 Å². The molecular formula is C17H18F3N. The SMILES string of the molecule is CCCCC(Nc1cc(F)ccc1F)c1ccc(F)cc1. The minimum absolute atomic E-state index is 0.125. The Bertz CT molecular complexity index is 581.